The zero-order chi connectivity index (χ0) is 12.3. The lowest BCUT2D eigenvalue weighted by molar-refractivity contribution is 0.565. The number of pyridine rings is 1. The molecular formula is C12H6F2N2S. The van der Waals surface area contributed by atoms with E-state index in [0.29, 0.717) is 10.5 Å². The Bertz CT molecular complexity index is 593. The second-order valence-electron chi connectivity index (χ2n) is 3.16. The third kappa shape index (κ3) is 2.60. The summed E-state index contributed by atoms with van der Waals surface area (Å²) < 4.78 is 26.1. The molecule has 2 aromatic rings. The number of hydrogen-bond acceptors (Lipinski definition) is 3. The van der Waals surface area contributed by atoms with Crippen LogP contribution in [0.4, 0.5) is 8.78 Å². The van der Waals surface area contributed by atoms with Gasteiger partial charge >= 0.3 is 0 Å². The van der Waals surface area contributed by atoms with Crippen LogP contribution in [0.2, 0.25) is 0 Å². The van der Waals surface area contributed by atoms with Crippen molar-refractivity contribution in [1.29, 1.82) is 5.26 Å². The number of aromatic nitrogens is 1. The lowest BCUT2D eigenvalue weighted by atomic mass is 10.3. The molecule has 1 aromatic heterocycles. The molecule has 0 aliphatic rings. The van der Waals surface area contributed by atoms with Gasteiger partial charge in [-0.1, -0.05) is 11.8 Å². The minimum absolute atomic E-state index is 0.260. The standard InChI is InChI=1S/C12H6F2N2S/c13-9-1-2-11(10(14)5-9)17-12-7-16-4-3-8(12)6-15/h1-5,7H. The van der Waals surface area contributed by atoms with Gasteiger partial charge in [0.15, 0.2) is 0 Å². The van der Waals surface area contributed by atoms with E-state index in [4.69, 9.17) is 5.26 Å². The molecule has 84 valence electrons. The van der Waals surface area contributed by atoms with Gasteiger partial charge in [0.2, 0.25) is 0 Å². The molecule has 5 heteroatoms. The number of nitriles is 1. The molecule has 0 aliphatic heterocycles. The van der Waals surface area contributed by atoms with Crippen molar-refractivity contribution in [3.8, 4) is 6.07 Å². The van der Waals surface area contributed by atoms with Gasteiger partial charge in [-0.25, -0.2) is 8.78 Å². The van der Waals surface area contributed by atoms with Crippen molar-refractivity contribution in [2.75, 3.05) is 0 Å². The Labute approximate surface area is 101 Å². The normalized spacial score (nSPS) is 9.94. The van der Waals surface area contributed by atoms with Gasteiger partial charge in [-0.3, -0.25) is 4.98 Å². The molecule has 0 aliphatic carbocycles. The summed E-state index contributed by atoms with van der Waals surface area (Å²) in [5.74, 6) is -1.28. The van der Waals surface area contributed by atoms with Crippen molar-refractivity contribution in [1.82, 2.24) is 4.98 Å². The highest BCUT2D eigenvalue weighted by Crippen LogP contribution is 2.31. The van der Waals surface area contributed by atoms with Gasteiger partial charge in [-0.15, -0.1) is 0 Å². The molecule has 0 N–H and O–H groups in total. The molecule has 1 heterocycles. The number of halogens is 2. The van der Waals surface area contributed by atoms with Crippen LogP contribution in [0.1, 0.15) is 5.56 Å². The SMILES string of the molecule is N#Cc1ccncc1Sc1ccc(F)cc1F. The summed E-state index contributed by atoms with van der Waals surface area (Å²) in [5, 5.41) is 8.87. The minimum atomic E-state index is -0.650. The lowest BCUT2D eigenvalue weighted by Gasteiger charge is -2.04. The van der Waals surface area contributed by atoms with Crippen molar-refractivity contribution in [3.63, 3.8) is 0 Å². The molecule has 0 radical (unpaired) electrons. The van der Waals surface area contributed by atoms with Crippen LogP contribution in [0.3, 0.4) is 0 Å². The van der Waals surface area contributed by atoms with E-state index in [1.165, 1.54) is 24.5 Å². The van der Waals surface area contributed by atoms with Gasteiger partial charge in [-0.2, -0.15) is 5.26 Å². The Kier molecular flexibility index (Phi) is 3.35. The smallest absolute Gasteiger partial charge is 0.140 e. The van der Waals surface area contributed by atoms with E-state index in [1.807, 2.05) is 6.07 Å². The quantitative estimate of drug-likeness (QED) is 0.817. The van der Waals surface area contributed by atoms with E-state index >= 15 is 0 Å². The molecule has 0 bridgehead atoms. The topological polar surface area (TPSA) is 36.7 Å². The van der Waals surface area contributed by atoms with Gasteiger partial charge < -0.3 is 0 Å². The zero-order valence-corrected chi connectivity index (χ0v) is 9.34. The fraction of sp³-hybridized carbons (Fsp3) is 0. The monoisotopic (exact) mass is 248 g/mol. The maximum absolute atomic E-state index is 13.4. The lowest BCUT2D eigenvalue weighted by Crippen LogP contribution is -1.86. The van der Waals surface area contributed by atoms with Gasteiger partial charge in [0.1, 0.15) is 17.7 Å². The van der Waals surface area contributed by atoms with E-state index < -0.39 is 11.6 Å². The third-order valence-corrected chi connectivity index (χ3v) is 3.12. The first-order chi connectivity index (χ1) is 8.20. The second-order valence-corrected chi connectivity index (χ2v) is 4.24. The zero-order valence-electron chi connectivity index (χ0n) is 8.52. The number of nitrogens with zero attached hydrogens (tertiary/aromatic N) is 2. The maximum Gasteiger partial charge on any atom is 0.140 e. The van der Waals surface area contributed by atoms with E-state index in [-0.39, 0.29) is 4.90 Å². The average molecular weight is 248 g/mol. The fourth-order valence-corrected chi connectivity index (χ4v) is 2.10. The van der Waals surface area contributed by atoms with Gasteiger partial charge in [0, 0.05) is 28.3 Å². The van der Waals surface area contributed by atoms with Crippen molar-refractivity contribution in [2.45, 2.75) is 9.79 Å². The highest BCUT2D eigenvalue weighted by molar-refractivity contribution is 7.99. The summed E-state index contributed by atoms with van der Waals surface area (Å²) in [7, 11) is 0. The Morgan fingerprint density at radius 3 is 2.71 bits per heavy atom. The van der Waals surface area contributed by atoms with E-state index in [1.54, 1.807) is 6.07 Å². The van der Waals surface area contributed by atoms with Crippen molar-refractivity contribution < 1.29 is 8.78 Å². The first-order valence-corrected chi connectivity index (χ1v) is 5.49. The highest BCUT2D eigenvalue weighted by Gasteiger charge is 2.08. The molecule has 17 heavy (non-hydrogen) atoms. The van der Waals surface area contributed by atoms with Crippen LogP contribution in [0, 0.1) is 23.0 Å². The van der Waals surface area contributed by atoms with E-state index in [2.05, 4.69) is 4.98 Å². The van der Waals surface area contributed by atoms with Crippen LogP contribution in [0.15, 0.2) is 46.5 Å². The maximum atomic E-state index is 13.4. The Morgan fingerprint density at radius 2 is 2.00 bits per heavy atom. The number of rotatable bonds is 2. The first kappa shape index (κ1) is 11.6. The molecule has 2 rings (SSSR count). The summed E-state index contributed by atoms with van der Waals surface area (Å²) >= 11 is 1.05. The van der Waals surface area contributed by atoms with Gasteiger partial charge in [0.25, 0.3) is 0 Å². The van der Waals surface area contributed by atoms with Crippen molar-refractivity contribution >= 4 is 11.8 Å². The number of benzene rings is 1. The van der Waals surface area contributed by atoms with E-state index in [0.717, 1.165) is 17.8 Å². The molecule has 0 saturated heterocycles. The fourth-order valence-electron chi connectivity index (χ4n) is 1.23. The Hall–Kier alpha value is -1.93. The summed E-state index contributed by atoms with van der Waals surface area (Å²) in [6, 6.07) is 6.86. The molecule has 0 saturated carbocycles. The first-order valence-electron chi connectivity index (χ1n) is 4.67. The van der Waals surface area contributed by atoms with Crippen LogP contribution in [-0.4, -0.2) is 4.98 Å². The van der Waals surface area contributed by atoms with Crippen molar-refractivity contribution in [3.05, 3.63) is 53.9 Å². The summed E-state index contributed by atoms with van der Waals surface area (Å²) in [5.41, 5.74) is 0.411. The van der Waals surface area contributed by atoms with Gasteiger partial charge in [-0.05, 0) is 18.2 Å². The molecule has 0 spiro atoms. The van der Waals surface area contributed by atoms with Crippen LogP contribution < -0.4 is 0 Å². The molecule has 1 aromatic carbocycles. The summed E-state index contributed by atoms with van der Waals surface area (Å²) in [6.45, 7) is 0. The Balaban J connectivity index is 2.35. The average Bonchev–Trinajstić information content (AvgIpc) is 2.33. The van der Waals surface area contributed by atoms with Crippen LogP contribution in [-0.2, 0) is 0 Å². The van der Waals surface area contributed by atoms with Crippen LogP contribution in [0.25, 0.3) is 0 Å². The minimum Gasteiger partial charge on any atom is -0.263 e. The summed E-state index contributed by atoms with van der Waals surface area (Å²) in [4.78, 5) is 4.67. The molecule has 0 amide bonds. The number of hydrogen-bond donors (Lipinski definition) is 0. The molecule has 0 unspecified atom stereocenters. The third-order valence-electron chi connectivity index (χ3n) is 2.02. The largest absolute Gasteiger partial charge is 0.263 e. The molecule has 0 fully saturated rings. The molecular weight excluding hydrogens is 242 g/mol. The van der Waals surface area contributed by atoms with Crippen LogP contribution in [0.5, 0.6) is 0 Å². The molecule has 2 nitrogen and oxygen atoms in total. The van der Waals surface area contributed by atoms with Gasteiger partial charge in [0.05, 0.1) is 5.56 Å². The predicted molar refractivity (Wildman–Crippen MR) is 59.4 cm³/mol. The second kappa shape index (κ2) is 4.93. The predicted octanol–water partition coefficient (Wildman–Crippen LogP) is 3.38. The van der Waals surface area contributed by atoms with Crippen LogP contribution >= 0.6 is 11.8 Å². The molecule has 0 atom stereocenters. The highest BCUT2D eigenvalue weighted by atomic mass is 32.2. The van der Waals surface area contributed by atoms with Crippen molar-refractivity contribution in [2.24, 2.45) is 0 Å². The summed E-state index contributed by atoms with van der Waals surface area (Å²) in [6.07, 6.45) is 2.97. The Morgan fingerprint density at radius 1 is 1.18 bits per heavy atom. The van der Waals surface area contributed by atoms with E-state index in [9.17, 15) is 8.78 Å².